The molecule has 0 radical (unpaired) electrons. The van der Waals surface area contributed by atoms with E-state index in [2.05, 4.69) is 18.8 Å². The normalized spacial score (nSPS) is 10.3. The molecule has 88 valence electrons. The molecule has 0 aromatic heterocycles. The first kappa shape index (κ1) is 14.2. The van der Waals surface area contributed by atoms with E-state index in [1.165, 1.54) is 11.8 Å². The van der Waals surface area contributed by atoms with Crippen molar-refractivity contribution in [2.75, 3.05) is 19.0 Å². The van der Waals surface area contributed by atoms with Gasteiger partial charge in [0, 0.05) is 12.4 Å². The third-order valence-electron chi connectivity index (χ3n) is 1.54. The molecule has 5 nitrogen and oxygen atoms in total. The highest BCUT2D eigenvalue weighted by molar-refractivity contribution is 8.13. The molecule has 15 heavy (non-hydrogen) atoms. The average Bonchev–Trinajstić information content (AvgIpc) is 2.09. The molecule has 0 heterocycles. The lowest BCUT2D eigenvalue weighted by atomic mass is 10.1. The average molecular weight is 232 g/mol. The summed E-state index contributed by atoms with van der Waals surface area (Å²) in [6.45, 7) is 5.71. The van der Waals surface area contributed by atoms with E-state index in [9.17, 15) is 0 Å². The van der Waals surface area contributed by atoms with Crippen LogP contribution in [-0.4, -0.2) is 30.1 Å². The molecule has 0 amide bonds. The molecule has 0 aliphatic rings. The van der Waals surface area contributed by atoms with Crippen LogP contribution in [0.1, 0.15) is 20.3 Å². The van der Waals surface area contributed by atoms with Crippen LogP contribution in [0.25, 0.3) is 0 Å². The molecule has 0 aliphatic heterocycles. The van der Waals surface area contributed by atoms with E-state index in [1.54, 1.807) is 0 Å². The van der Waals surface area contributed by atoms with Crippen LogP contribution in [0.4, 0.5) is 0 Å². The lowest BCUT2D eigenvalue weighted by molar-refractivity contribution is 0.138. The van der Waals surface area contributed by atoms with Gasteiger partial charge in [-0.25, -0.2) is 0 Å². The van der Waals surface area contributed by atoms with Crippen LogP contribution >= 0.6 is 11.8 Å². The highest BCUT2D eigenvalue weighted by Gasteiger charge is 1.97. The Bertz CT molecular complexity index is 214. The third-order valence-corrected chi connectivity index (χ3v) is 2.27. The standard InChI is InChI=1S/C9H20N4OS/c1-7(2)3-4-14-5-6-15-9(12)13-8(10)11/h7H,3-6H2,1-2H3,(H5,10,11,12,13). The second-order valence-electron chi connectivity index (χ2n) is 3.49. The van der Waals surface area contributed by atoms with E-state index in [-0.39, 0.29) is 11.1 Å². The van der Waals surface area contributed by atoms with Crippen LogP contribution in [0.3, 0.4) is 0 Å². The van der Waals surface area contributed by atoms with Crippen molar-refractivity contribution in [1.29, 1.82) is 5.41 Å². The number of guanidine groups is 1. The highest BCUT2D eigenvalue weighted by atomic mass is 32.2. The molecule has 0 aromatic rings. The van der Waals surface area contributed by atoms with Gasteiger partial charge in [-0.15, -0.1) is 0 Å². The van der Waals surface area contributed by atoms with E-state index in [4.69, 9.17) is 21.6 Å². The molecule has 0 saturated heterocycles. The van der Waals surface area contributed by atoms with Gasteiger partial charge in [-0.1, -0.05) is 25.6 Å². The number of aliphatic imine (C=N–C) groups is 1. The number of hydrogen-bond acceptors (Lipinski definition) is 3. The molecule has 0 rings (SSSR count). The Labute approximate surface area is 95.2 Å². The number of thioether (sulfide) groups is 1. The fourth-order valence-corrected chi connectivity index (χ4v) is 1.33. The summed E-state index contributed by atoms with van der Waals surface area (Å²) in [5.41, 5.74) is 10.2. The smallest absolute Gasteiger partial charge is 0.193 e. The summed E-state index contributed by atoms with van der Waals surface area (Å²) in [5, 5.41) is 7.45. The van der Waals surface area contributed by atoms with E-state index in [1.807, 2.05) is 0 Å². The number of hydrogen-bond donors (Lipinski definition) is 3. The second kappa shape index (κ2) is 8.55. The Balaban J connectivity index is 3.32. The second-order valence-corrected chi connectivity index (χ2v) is 4.57. The van der Waals surface area contributed by atoms with Gasteiger partial charge < -0.3 is 16.2 Å². The number of nitrogens with two attached hydrogens (primary N) is 2. The first-order valence-corrected chi connectivity index (χ1v) is 5.89. The number of amidine groups is 1. The lowest BCUT2D eigenvalue weighted by Crippen LogP contribution is -2.23. The Morgan fingerprint density at radius 3 is 2.60 bits per heavy atom. The summed E-state index contributed by atoms with van der Waals surface area (Å²) in [6.07, 6.45) is 1.07. The van der Waals surface area contributed by atoms with Crippen LogP contribution in [0, 0.1) is 11.3 Å². The van der Waals surface area contributed by atoms with Crippen molar-refractivity contribution < 1.29 is 4.74 Å². The molecule has 0 bridgehead atoms. The minimum absolute atomic E-state index is 0.0757. The molecule has 0 atom stereocenters. The summed E-state index contributed by atoms with van der Waals surface area (Å²) in [4.78, 5) is 3.59. The van der Waals surface area contributed by atoms with E-state index < -0.39 is 0 Å². The van der Waals surface area contributed by atoms with Gasteiger partial charge in [0.15, 0.2) is 11.1 Å². The van der Waals surface area contributed by atoms with Crippen molar-refractivity contribution in [3.63, 3.8) is 0 Å². The Morgan fingerprint density at radius 1 is 1.40 bits per heavy atom. The SMILES string of the molecule is CC(C)CCOCCSC(=N)N=C(N)N. The van der Waals surface area contributed by atoms with Gasteiger partial charge in [0.2, 0.25) is 0 Å². The van der Waals surface area contributed by atoms with Crippen molar-refractivity contribution in [1.82, 2.24) is 0 Å². The molecule has 0 spiro atoms. The lowest BCUT2D eigenvalue weighted by Gasteiger charge is -2.05. The number of nitrogens with zero attached hydrogens (tertiary/aromatic N) is 1. The largest absolute Gasteiger partial charge is 0.381 e. The van der Waals surface area contributed by atoms with Crippen LogP contribution < -0.4 is 11.5 Å². The number of rotatable bonds is 6. The van der Waals surface area contributed by atoms with Crippen LogP contribution in [0.15, 0.2) is 4.99 Å². The Hall–Kier alpha value is -0.750. The van der Waals surface area contributed by atoms with Gasteiger partial charge in [-0.3, -0.25) is 5.41 Å². The fourth-order valence-electron chi connectivity index (χ4n) is 0.768. The van der Waals surface area contributed by atoms with Gasteiger partial charge in [-0.2, -0.15) is 4.99 Å². The van der Waals surface area contributed by atoms with Crippen molar-refractivity contribution in [3.05, 3.63) is 0 Å². The summed E-state index contributed by atoms with van der Waals surface area (Å²) < 4.78 is 5.37. The zero-order valence-electron chi connectivity index (χ0n) is 9.32. The first-order chi connectivity index (χ1) is 7.02. The van der Waals surface area contributed by atoms with E-state index >= 15 is 0 Å². The fraction of sp³-hybridized carbons (Fsp3) is 0.778. The first-order valence-electron chi connectivity index (χ1n) is 4.91. The molecular formula is C9H20N4OS. The molecule has 0 fully saturated rings. The van der Waals surface area contributed by atoms with Crippen LogP contribution in [-0.2, 0) is 4.74 Å². The third kappa shape index (κ3) is 11.2. The quantitative estimate of drug-likeness (QED) is 0.361. The molecular weight excluding hydrogens is 212 g/mol. The summed E-state index contributed by atoms with van der Waals surface area (Å²) in [5.74, 6) is 1.29. The minimum Gasteiger partial charge on any atom is -0.381 e. The Kier molecular flexibility index (Phi) is 8.12. The van der Waals surface area contributed by atoms with Gasteiger partial charge >= 0.3 is 0 Å². The van der Waals surface area contributed by atoms with Gasteiger partial charge in [-0.05, 0) is 12.3 Å². The number of ether oxygens (including phenoxy) is 1. The van der Waals surface area contributed by atoms with Gasteiger partial charge in [0.05, 0.1) is 6.61 Å². The monoisotopic (exact) mass is 232 g/mol. The zero-order valence-corrected chi connectivity index (χ0v) is 10.1. The number of nitrogens with one attached hydrogen (secondary N) is 1. The highest BCUT2D eigenvalue weighted by Crippen LogP contribution is 2.04. The molecule has 0 saturated carbocycles. The molecule has 0 aliphatic carbocycles. The molecule has 5 N–H and O–H groups in total. The van der Waals surface area contributed by atoms with E-state index in [0.29, 0.717) is 18.3 Å². The maximum absolute atomic E-state index is 7.33. The molecule has 0 unspecified atom stereocenters. The maximum atomic E-state index is 7.33. The van der Waals surface area contributed by atoms with Crippen molar-refractivity contribution in [3.8, 4) is 0 Å². The molecule has 6 heteroatoms. The van der Waals surface area contributed by atoms with Crippen molar-refractivity contribution in [2.45, 2.75) is 20.3 Å². The molecule has 0 aromatic carbocycles. The minimum atomic E-state index is -0.0757. The topological polar surface area (TPSA) is 97.5 Å². The zero-order chi connectivity index (χ0) is 11.7. The van der Waals surface area contributed by atoms with Crippen molar-refractivity contribution in [2.24, 2.45) is 22.4 Å². The Morgan fingerprint density at radius 2 is 2.07 bits per heavy atom. The predicted octanol–water partition coefficient (Wildman–Crippen LogP) is 0.990. The van der Waals surface area contributed by atoms with Crippen LogP contribution in [0.5, 0.6) is 0 Å². The summed E-state index contributed by atoms with van der Waals surface area (Å²) in [6, 6.07) is 0. The van der Waals surface area contributed by atoms with Crippen LogP contribution in [0.2, 0.25) is 0 Å². The van der Waals surface area contributed by atoms with Crippen molar-refractivity contribution >= 4 is 22.9 Å². The summed E-state index contributed by atoms with van der Waals surface area (Å²) >= 11 is 1.27. The maximum Gasteiger partial charge on any atom is 0.193 e. The van der Waals surface area contributed by atoms with E-state index in [0.717, 1.165) is 13.0 Å². The van der Waals surface area contributed by atoms with Gasteiger partial charge in [0.25, 0.3) is 0 Å². The van der Waals surface area contributed by atoms with Gasteiger partial charge in [0.1, 0.15) is 0 Å². The predicted molar refractivity (Wildman–Crippen MR) is 66.3 cm³/mol. The summed E-state index contributed by atoms with van der Waals surface area (Å²) in [7, 11) is 0.